The summed E-state index contributed by atoms with van der Waals surface area (Å²) in [6.07, 6.45) is 2.41. The second-order valence-electron chi connectivity index (χ2n) is 3.02. The number of nitrogens with zero attached hydrogens (tertiary/aromatic N) is 1. The summed E-state index contributed by atoms with van der Waals surface area (Å²) >= 11 is 5.77. The first-order chi connectivity index (χ1) is 4.62. The number of hydrogen-bond acceptors (Lipinski definition) is 2. The van der Waals surface area contributed by atoms with E-state index in [1.807, 2.05) is 0 Å². The van der Waals surface area contributed by atoms with Crippen molar-refractivity contribution in [3.05, 3.63) is 0 Å². The normalized spacial score (nSPS) is 11.9. The van der Waals surface area contributed by atoms with E-state index >= 15 is 0 Å². The van der Waals surface area contributed by atoms with Crippen LogP contribution in [0.3, 0.4) is 0 Å². The molecule has 0 bridgehead atoms. The van der Waals surface area contributed by atoms with E-state index in [4.69, 9.17) is 11.1 Å². The average molecular weight is 178 g/mol. The van der Waals surface area contributed by atoms with E-state index in [9.17, 15) is 4.79 Å². The third-order valence-corrected chi connectivity index (χ3v) is 4.57. The molecule has 0 heterocycles. The molecule has 0 saturated carbocycles. The van der Waals surface area contributed by atoms with Gasteiger partial charge in [-0.15, -0.1) is 0 Å². The van der Waals surface area contributed by atoms with Crippen LogP contribution in [-0.2, 0) is 4.79 Å². The molecule has 0 spiro atoms. The first-order valence-electron chi connectivity index (χ1n) is 3.22. The number of carbonyl (C=O) groups excluding carboxylic acids is 1. The van der Waals surface area contributed by atoms with Crippen molar-refractivity contribution in [3.8, 4) is 0 Å². The Morgan fingerprint density at radius 3 is 2.70 bits per heavy atom. The molecule has 0 N–H and O–H groups in total. The van der Waals surface area contributed by atoms with Crippen molar-refractivity contribution in [3.63, 3.8) is 0 Å². The van der Waals surface area contributed by atoms with Crippen LogP contribution in [0.15, 0.2) is 4.99 Å². The molecule has 0 rings (SSSR count). The Morgan fingerprint density at radius 1 is 1.70 bits per heavy atom. The van der Waals surface area contributed by atoms with Crippen LogP contribution in [0.4, 0.5) is 0 Å². The molecule has 10 heavy (non-hydrogen) atoms. The van der Waals surface area contributed by atoms with E-state index < -0.39 is 8.83 Å². The second-order valence-corrected chi connectivity index (χ2v) is 6.00. The summed E-state index contributed by atoms with van der Waals surface area (Å²) in [6.45, 7) is 4.77. The summed E-state index contributed by atoms with van der Waals surface area (Å²) in [5.41, 5.74) is 0. The van der Waals surface area contributed by atoms with Crippen LogP contribution >= 0.6 is 11.1 Å². The lowest BCUT2D eigenvalue weighted by molar-refractivity contribution is 0.558. The maximum atomic E-state index is 9.67. The fourth-order valence-corrected chi connectivity index (χ4v) is 1.16. The molecule has 0 atom stereocenters. The monoisotopic (exact) mass is 177 g/mol. The van der Waals surface area contributed by atoms with Gasteiger partial charge in [0.15, 0.2) is 0 Å². The SMILES string of the molecule is CC(C)(CCN=C=O)[SiH2]Cl. The van der Waals surface area contributed by atoms with Gasteiger partial charge >= 0.3 is 0 Å². The molecule has 2 nitrogen and oxygen atoms in total. The highest BCUT2D eigenvalue weighted by molar-refractivity contribution is 6.95. The van der Waals surface area contributed by atoms with Gasteiger partial charge in [0.1, 0.15) is 8.83 Å². The fourth-order valence-electron chi connectivity index (χ4n) is 0.471. The summed E-state index contributed by atoms with van der Waals surface area (Å²) < 4.78 is 0. The Labute approximate surface area is 68.2 Å². The lowest BCUT2D eigenvalue weighted by Gasteiger charge is -2.18. The third kappa shape index (κ3) is 4.74. The highest BCUT2D eigenvalue weighted by atomic mass is 35.6. The zero-order valence-corrected chi connectivity index (χ0v) is 8.52. The van der Waals surface area contributed by atoms with Crippen LogP contribution in [-0.4, -0.2) is 21.5 Å². The first-order valence-corrected chi connectivity index (χ1v) is 6.06. The van der Waals surface area contributed by atoms with Crippen molar-refractivity contribution in [2.45, 2.75) is 25.3 Å². The molecule has 0 aromatic heterocycles. The summed E-state index contributed by atoms with van der Waals surface area (Å²) in [7, 11) is -0.504. The molecule has 0 saturated heterocycles. The van der Waals surface area contributed by atoms with Gasteiger partial charge in [-0.2, -0.15) is 11.1 Å². The lowest BCUT2D eigenvalue weighted by atomic mass is 10.1. The Kier molecular flexibility index (Phi) is 4.61. The van der Waals surface area contributed by atoms with E-state index in [2.05, 4.69) is 18.8 Å². The largest absolute Gasteiger partial charge is 0.234 e. The van der Waals surface area contributed by atoms with Crippen LogP contribution in [0.2, 0.25) is 5.04 Å². The van der Waals surface area contributed by atoms with Crippen molar-refractivity contribution in [2.75, 3.05) is 6.54 Å². The van der Waals surface area contributed by atoms with Crippen LogP contribution in [0.1, 0.15) is 20.3 Å². The zero-order chi connectivity index (χ0) is 8.04. The number of aliphatic imine (C=N–C) groups is 1. The summed E-state index contributed by atoms with van der Waals surface area (Å²) in [5.74, 6) is 0. The summed E-state index contributed by atoms with van der Waals surface area (Å²) in [6, 6.07) is 0. The van der Waals surface area contributed by atoms with Crippen LogP contribution < -0.4 is 0 Å². The minimum Gasteiger partial charge on any atom is -0.211 e. The molecular weight excluding hydrogens is 166 g/mol. The summed E-state index contributed by atoms with van der Waals surface area (Å²) in [4.78, 5) is 13.1. The van der Waals surface area contributed by atoms with Crippen molar-refractivity contribution < 1.29 is 4.79 Å². The third-order valence-electron chi connectivity index (χ3n) is 1.33. The maximum Gasteiger partial charge on any atom is 0.234 e. The van der Waals surface area contributed by atoms with Gasteiger partial charge in [0.25, 0.3) is 0 Å². The van der Waals surface area contributed by atoms with E-state index in [-0.39, 0.29) is 5.04 Å². The molecule has 58 valence electrons. The van der Waals surface area contributed by atoms with Gasteiger partial charge < -0.3 is 0 Å². The molecular formula is C6H12ClNOSi. The van der Waals surface area contributed by atoms with Crippen LogP contribution in [0, 0.1) is 0 Å². The van der Waals surface area contributed by atoms with Crippen molar-refractivity contribution in [1.29, 1.82) is 0 Å². The minimum absolute atomic E-state index is 0.224. The molecule has 4 heteroatoms. The van der Waals surface area contributed by atoms with Gasteiger partial charge in [0.2, 0.25) is 6.08 Å². The van der Waals surface area contributed by atoms with Gasteiger partial charge in [-0.25, -0.2) is 9.79 Å². The average Bonchev–Trinajstić information content (AvgIpc) is 1.89. The van der Waals surface area contributed by atoms with Crippen molar-refractivity contribution in [2.24, 2.45) is 4.99 Å². The van der Waals surface area contributed by atoms with Gasteiger partial charge in [0.05, 0.1) is 6.54 Å². The van der Waals surface area contributed by atoms with Crippen molar-refractivity contribution >= 4 is 26.0 Å². The molecule has 0 amide bonds. The minimum atomic E-state index is -0.504. The van der Waals surface area contributed by atoms with E-state index in [0.29, 0.717) is 6.54 Å². The smallest absolute Gasteiger partial charge is 0.211 e. The molecule has 0 aromatic rings. The number of hydrogen-bond donors (Lipinski definition) is 0. The van der Waals surface area contributed by atoms with Crippen LogP contribution in [0.25, 0.3) is 0 Å². The highest BCUT2D eigenvalue weighted by Gasteiger charge is 2.15. The lowest BCUT2D eigenvalue weighted by Crippen LogP contribution is -2.09. The first kappa shape index (κ1) is 9.89. The van der Waals surface area contributed by atoms with Gasteiger partial charge in [-0.05, 0) is 11.5 Å². The van der Waals surface area contributed by atoms with Gasteiger partial charge in [0, 0.05) is 0 Å². The van der Waals surface area contributed by atoms with Gasteiger partial charge in [-0.1, -0.05) is 13.8 Å². The van der Waals surface area contributed by atoms with Gasteiger partial charge in [-0.3, -0.25) is 0 Å². The van der Waals surface area contributed by atoms with E-state index in [1.165, 1.54) is 6.08 Å². The Bertz CT molecular complexity index is 143. The van der Waals surface area contributed by atoms with E-state index in [0.717, 1.165) is 6.42 Å². The Balaban J connectivity index is 3.56. The predicted octanol–water partition coefficient (Wildman–Crippen LogP) is 1.23. The topological polar surface area (TPSA) is 29.4 Å². The number of halogens is 1. The standard InChI is InChI=1S/C6H12ClNOSi/c1-6(2,10-7)3-4-8-5-9/h3-4,10H2,1-2H3. The molecule has 0 aliphatic heterocycles. The molecule has 0 aliphatic rings. The molecule has 0 fully saturated rings. The molecule has 0 aliphatic carbocycles. The zero-order valence-electron chi connectivity index (χ0n) is 6.35. The Hall–Kier alpha value is -0.113. The van der Waals surface area contributed by atoms with Crippen molar-refractivity contribution in [1.82, 2.24) is 0 Å². The number of rotatable bonds is 4. The quantitative estimate of drug-likeness (QED) is 0.275. The van der Waals surface area contributed by atoms with E-state index in [1.54, 1.807) is 0 Å². The highest BCUT2D eigenvalue weighted by Crippen LogP contribution is 2.27. The molecule has 0 unspecified atom stereocenters. The predicted molar refractivity (Wildman–Crippen MR) is 46.0 cm³/mol. The molecule has 0 aromatic carbocycles. The maximum absolute atomic E-state index is 9.67. The van der Waals surface area contributed by atoms with Crippen LogP contribution in [0.5, 0.6) is 0 Å². The molecule has 0 radical (unpaired) electrons. The summed E-state index contributed by atoms with van der Waals surface area (Å²) in [5, 5.41) is 0.224. The number of isocyanates is 1. The second kappa shape index (κ2) is 4.66. The fraction of sp³-hybridized carbons (Fsp3) is 0.833. The Morgan fingerprint density at radius 2 is 2.30 bits per heavy atom.